The molecule has 0 bridgehead atoms. The average Bonchev–Trinajstić information content (AvgIpc) is 3.09. The molecule has 5 nitrogen and oxygen atoms in total. The van der Waals surface area contributed by atoms with Gasteiger partial charge < -0.3 is 10.5 Å². The van der Waals surface area contributed by atoms with Crippen molar-refractivity contribution >= 4 is 16.6 Å². The number of ether oxygens (including phenoxy) is 1. The predicted octanol–water partition coefficient (Wildman–Crippen LogP) is 3.33. The van der Waals surface area contributed by atoms with E-state index >= 15 is 0 Å². The Kier molecular flexibility index (Phi) is 3.43. The summed E-state index contributed by atoms with van der Waals surface area (Å²) in [5.41, 5.74) is 12.0. The minimum absolute atomic E-state index is 0.537. The summed E-state index contributed by atoms with van der Waals surface area (Å²) in [7, 11) is 1.70. The first-order valence-electron chi connectivity index (χ1n) is 7.81. The fourth-order valence-corrected chi connectivity index (χ4v) is 3.10. The summed E-state index contributed by atoms with van der Waals surface area (Å²) in [5, 5.41) is 9.32. The predicted molar refractivity (Wildman–Crippen MR) is 95.1 cm³/mol. The third kappa shape index (κ3) is 2.21. The van der Waals surface area contributed by atoms with E-state index in [9.17, 15) is 0 Å². The lowest BCUT2D eigenvalue weighted by molar-refractivity contribution is 0.417. The quantitative estimate of drug-likeness (QED) is 0.629. The summed E-state index contributed by atoms with van der Waals surface area (Å²) < 4.78 is 7.65. The zero-order valence-electron chi connectivity index (χ0n) is 13.7. The van der Waals surface area contributed by atoms with E-state index in [4.69, 9.17) is 10.5 Å². The van der Waals surface area contributed by atoms with Crippen LogP contribution in [0, 0.1) is 6.92 Å². The van der Waals surface area contributed by atoms with Gasteiger partial charge in [0.15, 0.2) is 5.65 Å². The van der Waals surface area contributed by atoms with Crippen molar-refractivity contribution in [2.45, 2.75) is 13.5 Å². The largest absolute Gasteiger partial charge is 0.496 e. The second-order valence-corrected chi connectivity index (χ2v) is 5.86. The molecule has 5 heteroatoms. The summed E-state index contributed by atoms with van der Waals surface area (Å²) in [4.78, 5) is 0. The summed E-state index contributed by atoms with van der Waals surface area (Å²) in [6.07, 6.45) is 1.74. The SMILES string of the molecule is COc1cc2c(C)cc3nncn3c2cc1-c1ccc(CN)cc1. The number of fused-ring (bicyclic) bond motifs is 3. The number of nitrogens with zero attached hydrogens (tertiary/aromatic N) is 3. The molecule has 2 aromatic heterocycles. The van der Waals surface area contributed by atoms with Crippen LogP contribution in [0.15, 0.2) is 48.8 Å². The van der Waals surface area contributed by atoms with Crippen LogP contribution in [0.2, 0.25) is 0 Å². The Bertz CT molecular complexity index is 1030. The van der Waals surface area contributed by atoms with E-state index in [1.807, 2.05) is 22.6 Å². The molecule has 0 unspecified atom stereocenters. The molecule has 0 saturated heterocycles. The molecule has 0 aliphatic heterocycles. The lowest BCUT2D eigenvalue weighted by Gasteiger charge is -2.13. The van der Waals surface area contributed by atoms with Crippen LogP contribution in [0.4, 0.5) is 0 Å². The van der Waals surface area contributed by atoms with Crippen molar-refractivity contribution in [3.63, 3.8) is 0 Å². The second-order valence-electron chi connectivity index (χ2n) is 5.86. The Hall–Kier alpha value is -2.92. The second kappa shape index (κ2) is 5.62. The zero-order valence-corrected chi connectivity index (χ0v) is 13.7. The third-order valence-corrected chi connectivity index (χ3v) is 4.42. The monoisotopic (exact) mass is 318 g/mol. The maximum Gasteiger partial charge on any atom is 0.161 e. The van der Waals surface area contributed by atoms with E-state index in [1.165, 1.54) is 0 Å². The van der Waals surface area contributed by atoms with Crippen LogP contribution in [-0.2, 0) is 6.54 Å². The Morgan fingerprint density at radius 3 is 2.62 bits per heavy atom. The summed E-state index contributed by atoms with van der Waals surface area (Å²) >= 11 is 0. The van der Waals surface area contributed by atoms with Crippen LogP contribution in [0.3, 0.4) is 0 Å². The lowest BCUT2D eigenvalue weighted by atomic mass is 9.99. The maximum atomic E-state index is 5.69. The van der Waals surface area contributed by atoms with Gasteiger partial charge in [-0.3, -0.25) is 4.40 Å². The molecular weight excluding hydrogens is 300 g/mol. The Morgan fingerprint density at radius 1 is 1.12 bits per heavy atom. The Morgan fingerprint density at radius 2 is 1.92 bits per heavy atom. The summed E-state index contributed by atoms with van der Waals surface area (Å²) in [6, 6.07) is 14.5. The van der Waals surface area contributed by atoms with Crippen LogP contribution >= 0.6 is 0 Å². The number of hydrogen-bond donors (Lipinski definition) is 1. The molecule has 2 heterocycles. The maximum absolute atomic E-state index is 5.69. The van der Waals surface area contributed by atoms with Gasteiger partial charge in [0, 0.05) is 17.5 Å². The highest BCUT2D eigenvalue weighted by atomic mass is 16.5. The standard InChI is InChI=1S/C19H18N4O/c1-12-7-19-22-21-11-23(19)17-8-16(18(24-2)9-15(12)17)14-5-3-13(10-20)4-6-14/h3-9,11H,10,20H2,1-2H3. The normalized spacial score (nSPS) is 11.3. The number of nitrogens with two attached hydrogens (primary N) is 1. The van der Waals surface area contributed by atoms with Crippen molar-refractivity contribution in [1.29, 1.82) is 0 Å². The summed E-state index contributed by atoms with van der Waals surface area (Å²) in [5.74, 6) is 0.846. The molecule has 0 aliphatic rings. The molecule has 0 aliphatic carbocycles. The number of aryl methyl sites for hydroxylation is 1. The molecule has 2 N–H and O–H groups in total. The number of benzene rings is 2. The van der Waals surface area contributed by atoms with Gasteiger partial charge in [-0.25, -0.2) is 0 Å². The van der Waals surface area contributed by atoms with Gasteiger partial charge in [0.05, 0.1) is 12.6 Å². The average molecular weight is 318 g/mol. The van der Waals surface area contributed by atoms with Crippen molar-refractivity contribution < 1.29 is 4.74 Å². The molecule has 0 amide bonds. The molecule has 4 aromatic rings. The Labute approximate surface area is 139 Å². The molecule has 24 heavy (non-hydrogen) atoms. The van der Waals surface area contributed by atoms with E-state index in [1.54, 1.807) is 13.4 Å². The highest BCUT2D eigenvalue weighted by molar-refractivity contribution is 5.92. The van der Waals surface area contributed by atoms with E-state index in [0.29, 0.717) is 6.54 Å². The summed E-state index contributed by atoms with van der Waals surface area (Å²) in [6.45, 7) is 2.61. The molecule has 4 rings (SSSR count). The zero-order chi connectivity index (χ0) is 16.7. The van der Waals surface area contributed by atoms with E-state index < -0.39 is 0 Å². The van der Waals surface area contributed by atoms with Gasteiger partial charge in [-0.2, -0.15) is 0 Å². The van der Waals surface area contributed by atoms with Crippen molar-refractivity contribution in [3.05, 3.63) is 59.9 Å². The van der Waals surface area contributed by atoms with Gasteiger partial charge in [-0.1, -0.05) is 24.3 Å². The molecule has 0 fully saturated rings. The highest BCUT2D eigenvalue weighted by Crippen LogP contribution is 2.35. The Balaban J connectivity index is 2.02. The molecule has 0 spiro atoms. The smallest absolute Gasteiger partial charge is 0.161 e. The number of methoxy groups -OCH3 is 1. The van der Waals surface area contributed by atoms with Crippen molar-refractivity contribution in [2.24, 2.45) is 5.73 Å². The molecule has 0 saturated carbocycles. The van der Waals surface area contributed by atoms with Crippen LogP contribution in [0.1, 0.15) is 11.1 Å². The number of aromatic nitrogens is 3. The van der Waals surface area contributed by atoms with Crippen molar-refractivity contribution in [2.75, 3.05) is 7.11 Å². The molecule has 0 radical (unpaired) electrons. The van der Waals surface area contributed by atoms with Crippen molar-refractivity contribution in [3.8, 4) is 16.9 Å². The van der Waals surface area contributed by atoms with Gasteiger partial charge in [-0.15, -0.1) is 10.2 Å². The van der Waals surface area contributed by atoms with E-state index in [2.05, 4.69) is 41.4 Å². The fourth-order valence-electron chi connectivity index (χ4n) is 3.10. The van der Waals surface area contributed by atoms with Gasteiger partial charge in [0.2, 0.25) is 0 Å². The van der Waals surface area contributed by atoms with Gasteiger partial charge in [0.1, 0.15) is 12.1 Å². The minimum Gasteiger partial charge on any atom is -0.496 e. The first kappa shape index (κ1) is 14.7. The van der Waals surface area contributed by atoms with E-state index in [-0.39, 0.29) is 0 Å². The fraction of sp³-hybridized carbons (Fsp3) is 0.158. The first-order chi connectivity index (χ1) is 11.7. The highest BCUT2D eigenvalue weighted by Gasteiger charge is 2.12. The van der Waals surface area contributed by atoms with Gasteiger partial charge in [-0.05, 0) is 41.8 Å². The topological polar surface area (TPSA) is 65.4 Å². The van der Waals surface area contributed by atoms with Gasteiger partial charge in [0.25, 0.3) is 0 Å². The van der Waals surface area contributed by atoms with Crippen LogP contribution in [0.5, 0.6) is 5.75 Å². The molecule has 2 aromatic carbocycles. The third-order valence-electron chi connectivity index (χ3n) is 4.42. The minimum atomic E-state index is 0.537. The number of rotatable bonds is 3. The van der Waals surface area contributed by atoms with Crippen molar-refractivity contribution in [1.82, 2.24) is 14.6 Å². The van der Waals surface area contributed by atoms with Gasteiger partial charge >= 0.3 is 0 Å². The van der Waals surface area contributed by atoms with Crippen LogP contribution in [0.25, 0.3) is 27.7 Å². The number of hydrogen-bond acceptors (Lipinski definition) is 4. The van der Waals surface area contributed by atoms with Crippen LogP contribution < -0.4 is 10.5 Å². The molecule has 120 valence electrons. The van der Waals surface area contributed by atoms with Crippen LogP contribution in [-0.4, -0.2) is 21.7 Å². The molecule has 0 atom stereocenters. The first-order valence-corrected chi connectivity index (χ1v) is 7.81. The lowest BCUT2D eigenvalue weighted by Crippen LogP contribution is -1.96. The van der Waals surface area contributed by atoms with E-state index in [0.717, 1.165) is 44.6 Å². The molecular formula is C19H18N4O. The number of pyridine rings is 1.